The van der Waals surface area contributed by atoms with Crippen molar-refractivity contribution in [3.8, 4) is 0 Å². The van der Waals surface area contributed by atoms with E-state index < -0.39 is 20.2 Å². The monoisotopic (exact) mass is 1320 g/mol. The van der Waals surface area contributed by atoms with Gasteiger partial charge in [0.05, 0.1) is 9.79 Å². The summed E-state index contributed by atoms with van der Waals surface area (Å²) in [5.41, 5.74) is 2.23. The Morgan fingerprint density at radius 2 is 0.308 bits per heavy atom. The molecule has 2 aromatic rings. The Morgan fingerprint density at radius 3 is 0.418 bits per heavy atom. The number of rotatable bonds is 70. The normalized spacial score (nSPS) is 11.7. The van der Waals surface area contributed by atoms with Crippen molar-refractivity contribution in [3.05, 3.63) is 59.7 Å². The van der Waals surface area contributed by atoms with Crippen LogP contribution in [0.2, 0.25) is 0 Å². The Kier molecular flexibility index (Phi) is 69.6. The van der Waals surface area contributed by atoms with Crippen molar-refractivity contribution in [1.29, 1.82) is 0 Å². The minimum atomic E-state index is -4.33. The molecule has 0 saturated heterocycles. The van der Waals surface area contributed by atoms with Gasteiger partial charge in [0.25, 0.3) is 0 Å². The van der Waals surface area contributed by atoms with Crippen LogP contribution in [0.25, 0.3) is 0 Å². The van der Waals surface area contributed by atoms with Crippen molar-refractivity contribution in [2.75, 3.05) is 0 Å². The van der Waals surface area contributed by atoms with Gasteiger partial charge in [0.1, 0.15) is 20.2 Å². The maximum absolute atomic E-state index is 11.0. The molecule has 0 bridgehead atoms. The van der Waals surface area contributed by atoms with E-state index in [1.165, 1.54) is 435 Å². The summed E-state index contributed by atoms with van der Waals surface area (Å²) in [6.07, 6.45) is 95.8. The molecule has 0 aromatic heterocycles. The van der Waals surface area contributed by atoms with Crippen LogP contribution in [0.4, 0.5) is 0 Å². The van der Waals surface area contributed by atoms with E-state index in [0.717, 1.165) is 36.8 Å². The van der Waals surface area contributed by atoms with Gasteiger partial charge >= 0.3 is 23.1 Å². The van der Waals surface area contributed by atoms with Crippen molar-refractivity contribution in [3.63, 3.8) is 0 Å². The molecule has 0 aliphatic heterocycles. The van der Waals surface area contributed by atoms with Gasteiger partial charge in [-0.1, -0.05) is 449 Å². The standard InChI is InChI=1S/2C41H76O3S.Mg/c2*1-2-3-4-5-6-7-8-9-10-11-12-13-14-15-16-17-18-19-20-21-22-23-24-25-26-27-28-29-30-31-32-33-34-35-40-36-38-41(39-37-40)45(42,43)44;/h2*36-39H,2-35H2,1H3,(H,42,43,44);/q;;+2/p-2. The second-order valence-electron chi connectivity index (χ2n) is 28.3. The summed E-state index contributed by atoms with van der Waals surface area (Å²) in [6.45, 7) is 4.60. The minimum absolute atomic E-state index is 0. The zero-order valence-electron chi connectivity index (χ0n) is 60.7. The maximum atomic E-state index is 11.0. The average molecular weight is 1320 g/mol. The van der Waals surface area contributed by atoms with E-state index in [1.807, 2.05) is 0 Å². The molecule has 0 spiro atoms. The maximum Gasteiger partial charge on any atom is 2.00 e. The van der Waals surface area contributed by atoms with Crippen LogP contribution >= 0.6 is 0 Å². The number of aryl methyl sites for hydroxylation is 2. The summed E-state index contributed by atoms with van der Waals surface area (Å²) < 4.78 is 66.0. The van der Waals surface area contributed by atoms with Crippen molar-refractivity contribution in [2.45, 2.75) is 460 Å². The van der Waals surface area contributed by atoms with Gasteiger partial charge in [-0.2, -0.15) is 0 Å². The van der Waals surface area contributed by atoms with Crippen molar-refractivity contribution < 1.29 is 25.9 Å². The number of benzene rings is 2. The van der Waals surface area contributed by atoms with Crippen molar-refractivity contribution in [2.24, 2.45) is 0 Å². The van der Waals surface area contributed by atoms with E-state index in [4.69, 9.17) is 0 Å². The number of unbranched alkanes of at least 4 members (excludes halogenated alkanes) is 64. The fourth-order valence-electron chi connectivity index (χ4n) is 13.4. The molecule has 0 atom stereocenters. The SMILES string of the molecule is CCCCCCCCCCCCCCCCCCCCCCCCCCCCCCCCCCCc1ccc(S(=O)(=O)[O-])cc1.CCCCCCCCCCCCCCCCCCCCCCCCCCCCCCCCCCCc1ccc(S(=O)(=O)[O-])cc1.[Mg+2]. The largest absolute Gasteiger partial charge is 2.00 e. The quantitative estimate of drug-likeness (QED) is 0.0370. The molecule has 0 N–H and O–H groups in total. The third kappa shape index (κ3) is 66.1. The smallest absolute Gasteiger partial charge is 0.744 e. The molecule has 0 amide bonds. The molecule has 0 radical (unpaired) electrons. The van der Waals surface area contributed by atoms with E-state index in [1.54, 1.807) is 24.3 Å². The second kappa shape index (κ2) is 70.3. The van der Waals surface area contributed by atoms with Gasteiger partial charge in [-0.15, -0.1) is 0 Å². The first-order valence-corrected chi connectivity index (χ1v) is 43.0. The van der Waals surface area contributed by atoms with Gasteiger partial charge < -0.3 is 9.11 Å². The van der Waals surface area contributed by atoms with Gasteiger partial charge in [0.2, 0.25) is 0 Å². The first kappa shape index (κ1) is 90.0. The summed E-state index contributed by atoms with van der Waals surface area (Å²) in [6, 6.07) is 12.8. The second-order valence-corrected chi connectivity index (χ2v) is 31.1. The molecule has 2 aromatic carbocycles. The Bertz CT molecular complexity index is 1820. The van der Waals surface area contributed by atoms with Crippen molar-refractivity contribution >= 4 is 43.3 Å². The Labute approximate surface area is 585 Å². The third-order valence-corrected chi connectivity index (χ3v) is 21.3. The fraction of sp³-hybridized carbons (Fsp3) is 0.854. The Balaban J connectivity index is 0.00000176. The van der Waals surface area contributed by atoms with Gasteiger partial charge in [-0.05, 0) is 61.1 Å². The Morgan fingerprint density at radius 1 is 0.198 bits per heavy atom. The molecule has 528 valence electrons. The average Bonchev–Trinajstić information content (AvgIpc) is 2.45. The summed E-state index contributed by atoms with van der Waals surface area (Å²) in [5, 5.41) is 0. The van der Waals surface area contributed by atoms with Crippen LogP contribution in [0.15, 0.2) is 58.3 Å². The molecule has 0 saturated carbocycles. The van der Waals surface area contributed by atoms with Crippen LogP contribution in [0.3, 0.4) is 0 Å². The fourth-order valence-corrected chi connectivity index (χ4v) is 14.3. The molecule has 0 heterocycles. The molecule has 0 aliphatic carbocycles. The summed E-state index contributed by atoms with van der Waals surface area (Å²) in [5.74, 6) is 0. The summed E-state index contributed by atoms with van der Waals surface area (Å²) in [4.78, 5) is -0.264. The van der Waals surface area contributed by atoms with Crippen LogP contribution < -0.4 is 0 Å². The number of hydrogen-bond donors (Lipinski definition) is 0. The van der Waals surface area contributed by atoms with E-state index in [2.05, 4.69) is 13.8 Å². The van der Waals surface area contributed by atoms with Gasteiger partial charge in [-0.3, -0.25) is 0 Å². The zero-order chi connectivity index (χ0) is 65.0. The topological polar surface area (TPSA) is 114 Å². The minimum Gasteiger partial charge on any atom is -0.744 e. The predicted octanol–water partition coefficient (Wildman–Crippen LogP) is 27.7. The number of hydrogen-bond acceptors (Lipinski definition) is 6. The first-order valence-electron chi connectivity index (χ1n) is 40.2. The first-order chi connectivity index (χ1) is 44.1. The molecule has 0 aliphatic rings. The Hall–Kier alpha value is -0.974. The molecule has 91 heavy (non-hydrogen) atoms. The predicted molar refractivity (Wildman–Crippen MR) is 398 cm³/mol. The van der Waals surface area contributed by atoms with E-state index >= 15 is 0 Å². The zero-order valence-corrected chi connectivity index (χ0v) is 63.7. The molecule has 0 unspecified atom stereocenters. The molecule has 0 fully saturated rings. The van der Waals surface area contributed by atoms with Crippen LogP contribution in [0.1, 0.15) is 449 Å². The third-order valence-electron chi connectivity index (χ3n) is 19.6. The summed E-state index contributed by atoms with van der Waals surface area (Å²) >= 11 is 0. The van der Waals surface area contributed by atoms with E-state index in [9.17, 15) is 25.9 Å². The molecule has 9 heteroatoms. The molecular weight excluding hydrogens is 1170 g/mol. The van der Waals surface area contributed by atoms with E-state index in [0.29, 0.717) is 0 Å². The summed E-state index contributed by atoms with van der Waals surface area (Å²) in [7, 11) is -8.66. The van der Waals surface area contributed by atoms with Crippen LogP contribution in [-0.4, -0.2) is 49.0 Å². The molecule has 2 rings (SSSR count). The van der Waals surface area contributed by atoms with Gasteiger partial charge in [-0.25, -0.2) is 16.8 Å². The van der Waals surface area contributed by atoms with Crippen LogP contribution in [-0.2, 0) is 33.1 Å². The van der Waals surface area contributed by atoms with Crippen LogP contribution in [0.5, 0.6) is 0 Å². The van der Waals surface area contributed by atoms with Crippen molar-refractivity contribution in [1.82, 2.24) is 0 Å². The molecule has 6 nitrogen and oxygen atoms in total. The van der Waals surface area contributed by atoms with E-state index in [-0.39, 0.29) is 32.8 Å². The van der Waals surface area contributed by atoms with Gasteiger partial charge in [0, 0.05) is 0 Å². The van der Waals surface area contributed by atoms with Crippen LogP contribution in [0, 0.1) is 0 Å². The van der Waals surface area contributed by atoms with Gasteiger partial charge in [0.15, 0.2) is 0 Å². The molecular formula is C82H150MgO6S2.